The molecule has 4 heteroatoms. The Balaban J connectivity index is 2.12. The van der Waals surface area contributed by atoms with Gasteiger partial charge in [-0.15, -0.1) is 0 Å². The van der Waals surface area contributed by atoms with Crippen LogP contribution in [-0.4, -0.2) is 28.9 Å². The summed E-state index contributed by atoms with van der Waals surface area (Å²) in [4.78, 5) is 18.3. The van der Waals surface area contributed by atoms with E-state index in [2.05, 4.69) is 18.8 Å². The summed E-state index contributed by atoms with van der Waals surface area (Å²) in [5.74, 6) is 0.0675. The highest BCUT2D eigenvalue weighted by Gasteiger charge is 2.28. The summed E-state index contributed by atoms with van der Waals surface area (Å²) >= 11 is 5.90. The lowest BCUT2D eigenvalue weighted by Gasteiger charge is -2.37. The Morgan fingerprint density at radius 1 is 1.33 bits per heavy atom. The molecule has 18 heavy (non-hydrogen) atoms. The Hall–Kier alpha value is -1.09. The van der Waals surface area contributed by atoms with Gasteiger partial charge >= 0.3 is 0 Å². The first-order valence-electron chi connectivity index (χ1n) is 6.31. The number of likely N-dealkylation sites (tertiary alicyclic amines) is 1. The molecule has 0 radical (unpaired) electrons. The van der Waals surface area contributed by atoms with E-state index >= 15 is 0 Å². The zero-order valence-corrected chi connectivity index (χ0v) is 11.9. The minimum absolute atomic E-state index is 0.0675. The molecule has 1 aromatic heterocycles. The number of nitrogens with zero attached hydrogens (tertiary/aromatic N) is 2. The van der Waals surface area contributed by atoms with Crippen molar-refractivity contribution in [2.75, 3.05) is 13.1 Å². The number of aromatic nitrogens is 1. The number of amides is 1. The molecule has 1 aromatic rings. The molecule has 3 nitrogen and oxygen atoms in total. The lowest BCUT2D eigenvalue weighted by molar-refractivity contribution is 0.0630. The third-order valence-electron chi connectivity index (χ3n) is 3.57. The van der Waals surface area contributed by atoms with Crippen molar-refractivity contribution >= 4 is 17.5 Å². The zero-order valence-electron chi connectivity index (χ0n) is 11.2. The number of carbonyl (C=O) groups excluding carboxylic acids is 1. The highest BCUT2D eigenvalue weighted by atomic mass is 35.5. The standard InChI is InChI=1S/C14H19ClN2O/c1-10-8-11(9-12(15)16-10)13(18)17-6-4-14(2,3)5-7-17/h8-9H,4-7H2,1-3H3. The van der Waals surface area contributed by atoms with Crippen molar-refractivity contribution in [1.82, 2.24) is 9.88 Å². The molecule has 0 N–H and O–H groups in total. The lowest BCUT2D eigenvalue weighted by Crippen LogP contribution is -2.41. The summed E-state index contributed by atoms with van der Waals surface area (Å²) < 4.78 is 0. The van der Waals surface area contributed by atoms with Crippen LogP contribution in [0.25, 0.3) is 0 Å². The van der Waals surface area contributed by atoms with Crippen molar-refractivity contribution in [2.45, 2.75) is 33.6 Å². The fourth-order valence-corrected chi connectivity index (χ4v) is 2.50. The second-order valence-corrected chi connectivity index (χ2v) is 6.16. The van der Waals surface area contributed by atoms with Gasteiger partial charge in [0.05, 0.1) is 0 Å². The first kappa shape index (κ1) is 13.3. The van der Waals surface area contributed by atoms with Crippen molar-refractivity contribution in [3.05, 3.63) is 28.5 Å². The fourth-order valence-electron chi connectivity index (χ4n) is 2.25. The number of halogens is 1. The van der Waals surface area contributed by atoms with Gasteiger partial charge in [-0.3, -0.25) is 4.79 Å². The van der Waals surface area contributed by atoms with E-state index in [0.29, 0.717) is 16.1 Å². The normalized spacial score (nSPS) is 18.8. The minimum atomic E-state index is 0.0675. The summed E-state index contributed by atoms with van der Waals surface area (Å²) in [6.45, 7) is 8.00. The van der Waals surface area contributed by atoms with Gasteiger partial charge in [-0.05, 0) is 37.3 Å². The molecule has 0 aliphatic carbocycles. The van der Waals surface area contributed by atoms with Gasteiger partial charge in [0.1, 0.15) is 5.15 Å². The highest BCUT2D eigenvalue weighted by molar-refractivity contribution is 6.29. The van der Waals surface area contributed by atoms with Crippen LogP contribution >= 0.6 is 11.6 Å². The van der Waals surface area contributed by atoms with Gasteiger partial charge in [0, 0.05) is 24.3 Å². The van der Waals surface area contributed by atoms with Gasteiger partial charge < -0.3 is 4.90 Å². The van der Waals surface area contributed by atoms with Gasteiger partial charge in [0.2, 0.25) is 0 Å². The number of hydrogen-bond acceptors (Lipinski definition) is 2. The molecule has 0 spiro atoms. The maximum Gasteiger partial charge on any atom is 0.254 e. The quantitative estimate of drug-likeness (QED) is 0.731. The Bertz CT molecular complexity index is 441. The first-order valence-corrected chi connectivity index (χ1v) is 6.69. The third kappa shape index (κ3) is 3.02. The number of rotatable bonds is 1. The largest absolute Gasteiger partial charge is 0.339 e. The van der Waals surface area contributed by atoms with Crippen molar-refractivity contribution in [3.8, 4) is 0 Å². The highest BCUT2D eigenvalue weighted by Crippen LogP contribution is 2.30. The molecule has 1 amide bonds. The van der Waals surface area contributed by atoms with E-state index in [0.717, 1.165) is 31.6 Å². The predicted molar refractivity (Wildman–Crippen MR) is 72.9 cm³/mol. The number of aryl methyl sites for hydroxylation is 1. The summed E-state index contributed by atoms with van der Waals surface area (Å²) in [5, 5.41) is 0.385. The van der Waals surface area contributed by atoms with Crippen LogP contribution in [0.2, 0.25) is 5.15 Å². The maximum atomic E-state index is 12.4. The molecule has 1 aliphatic rings. The smallest absolute Gasteiger partial charge is 0.254 e. The molecule has 1 saturated heterocycles. The molecule has 2 rings (SSSR count). The average Bonchev–Trinajstić information content (AvgIpc) is 2.27. The Kier molecular flexibility index (Phi) is 3.62. The second-order valence-electron chi connectivity index (χ2n) is 5.78. The van der Waals surface area contributed by atoms with Gasteiger partial charge in [-0.2, -0.15) is 0 Å². The lowest BCUT2D eigenvalue weighted by atomic mass is 9.82. The maximum absolute atomic E-state index is 12.4. The van der Waals surface area contributed by atoms with Crippen LogP contribution < -0.4 is 0 Å². The van der Waals surface area contributed by atoms with Crippen molar-refractivity contribution in [2.24, 2.45) is 5.41 Å². The van der Waals surface area contributed by atoms with E-state index in [4.69, 9.17) is 11.6 Å². The fraction of sp³-hybridized carbons (Fsp3) is 0.571. The van der Waals surface area contributed by atoms with E-state index in [1.165, 1.54) is 0 Å². The third-order valence-corrected chi connectivity index (χ3v) is 3.77. The summed E-state index contributed by atoms with van der Waals surface area (Å²) in [6, 6.07) is 3.45. The monoisotopic (exact) mass is 266 g/mol. The van der Waals surface area contributed by atoms with E-state index in [1.807, 2.05) is 11.8 Å². The molecule has 0 aromatic carbocycles. The van der Waals surface area contributed by atoms with Crippen LogP contribution in [0.3, 0.4) is 0 Å². The molecular formula is C14H19ClN2O. The number of hydrogen-bond donors (Lipinski definition) is 0. The Labute approximate surface area is 113 Å². The van der Waals surface area contributed by atoms with Crippen LogP contribution in [0.15, 0.2) is 12.1 Å². The van der Waals surface area contributed by atoms with Crippen molar-refractivity contribution < 1.29 is 4.79 Å². The Morgan fingerprint density at radius 3 is 2.50 bits per heavy atom. The molecule has 0 unspecified atom stereocenters. The number of carbonyl (C=O) groups is 1. The van der Waals surface area contributed by atoms with Crippen LogP contribution in [0, 0.1) is 12.3 Å². The van der Waals surface area contributed by atoms with Gasteiger partial charge in [-0.1, -0.05) is 25.4 Å². The zero-order chi connectivity index (χ0) is 13.3. The SMILES string of the molecule is Cc1cc(C(=O)N2CCC(C)(C)CC2)cc(Cl)n1. The first-order chi connectivity index (χ1) is 8.37. The van der Waals surface area contributed by atoms with Crippen LogP contribution in [0.5, 0.6) is 0 Å². The second kappa shape index (κ2) is 4.88. The summed E-state index contributed by atoms with van der Waals surface area (Å²) in [6.07, 6.45) is 2.10. The summed E-state index contributed by atoms with van der Waals surface area (Å²) in [7, 11) is 0. The molecule has 2 heterocycles. The number of pyridine rings is 1. The van der Waals surface area contributed by atoms with Gasteiger partial charge in [-0.25, -0.2) is 4.98 Å². The topological polar surface area (TPSA) is 33.2 Å². The van der Waals surface area contributed by atoms with Crippen molar-refractivity contribution in [1.29, 1.82) is 0 Å². The van der Waals surface area contributed by atoms with E-state index in [9.17, 15) is 4.79 Å². The molecule has 0 atom stereocenters. The molecule has 1 fully saturated rings. The molecular weight excluding hydrogens is 248 g/mol. The number of piperidine rings is 1. The van der Waals surface area contributed by atoms with Gasteiger partial charge in [0.25, 0.3) is 5.91 Å². The molecule has 98 valence electrons. The molecule has 0 saturated carbocycles. The van der Waals surface area contributed by atoms with Crippen molar-refractivity contribution in [3.63, 3.8) is 0 Å². The van der Waals surface area contributed by atoms with Crippen LogP contribution in [0.1, 0.15) is 42.7 Å². The van der Waals surface area contributed by atoms with E-state index in [1.54, 1.807) is 12.1 Å². The summed E-state index contributed by atoms with van der Waals surface area (Å²) in [5.41, 5.74) is 1.78. The molecule has 0 bridgehead atoms. The van der Waals surface area contributed by atoms with Crippen LogP contribution in [-0.2, 0) is 0 Å². The van der Waals surface area contributed by atoms with E-state index in [-0.39, 0.29) is 5.91 Å². The van der Waals surface area contributed by atoms with Gasteiger partial charge in [0.15, 0.2) is 0 Å². The molecule has 1 aliphatic heterocycles. The average molecular weight is 267 g/mol. The minimum Gasteiger partial charge on any atom is -0.339 e. The Morgan fingerprint density at radius 2 is 1.94 bits per heavy atom. The van der Waals surface area contributed by atoms with Crippen LogP contribution in [0.4, 0.5) is 0 Å². The van der Waals surface area contributed by atoms with E-state index < -0.39 is 0 Å². The predicted octanol–water partition coefficient (Wildman–Crippen LogP) is 3.31.